The molecule has 0 saturated heterocycles. The van der Waals surface area contributed by atoms with E-state index in [4.69, 9.17) is 0 Å². The fraction of sp³-hybridized carbons (Fsp3) is 0.312. The Morgan fingerprint density at radius 2 is 1.86 bits per heavy atom. The van der Waals surface area contributed by atoms with Crippen molar-refractivity contribution in [2.45, 2.75) is 20.8 Å². The van der Waals surface area contributed by atoms with E-state index in [-0.39, 0.29) is 5.91 Å². The molecule has 0 spiro atoms. The maximum atomic E-state index is 12.2. The van der Waals surface area contributed by atoms with Crippen molar-refractivity contribution in [1.29, 1.82) is 0 Å². The number of nitrogens with zero attached hydrogens (tertiary/aromatic N) is 3. The molecule has 0 aliphatic rings. The smallest absolute Gasteiger partial charge is 0.275 e. The summed E-state index contributed by atoms with van der Waals surface area (Å²) in [6, 6.07) is 7.64. The third kappa shape index (κ3) is 3.56. The molecule has 1 aromatic carbocycles. The maximum absolute atomic E-state index is 12.2. The van der Waals surface area contributed by atoms with Crippen LogP contribution < -0.4 is 10.2 Å². The van der Waals surface area contributed by atoms with Crippen LogP contribution in [0.15, 0.2) is 36.7 Å². The summed E-state index contributed by atoms with van der Waals surface area (Å²) < 4.78 is 0. The molecule has 0 aliphatic heterocycles. The Hall–Kier alpha value is -2.43. The molecule has 0 bridgehead atoms. The van der Waals surface area contributed by atoms with Gasteiger partial charge in [-0.3, -0.25) is 4.79 Å². The molecule has 110 valence electrons. The van der Waals surface area contributed by atoms with Crippen LogP contribution >= 0.6 is 0 Å². The van der Waals surface area contributed by atoms with Gasteiger partial charge in [-0.1, -0.05) is 18.2 Å². The Morgan fingerprint density at radius 1 is 1.14 bits per heavy atom. The molecule has 0 saturated carbocycles. The predicted molar refractivity (Wildman–Crippen MR) is 84.7 cm³/mol. The number of para-hydroxylation sites is 1. The normalized spacial score (nSPS) is 10.2. The van der Waals surface area contributed by atoms with Gasteiger partial charge in [-0.15, -0.1) is 0 Å². The van der Waals surface area contributed by atoms with E-state index in [2.05, 4.69) is 34.0 Å². The molecule has 0 aliphatic carbocycles. The van der Waals surface area contributed by atoms with Gasteiger partial charge >= 0.3 is 0 Å². The van der Waals surface area contributed by atoms with E-state index in [0.717, 1.165) is 30.2 Å². The second-order valence-corrected chi connectivity index (χ2v) is 4.70. The van der Waals surface area contributed by atoms with Crippen molar-refractivity contribution < 1.29 is 4.79 Å². The zero-order valence-corrected chi connectivity index (χ0v) is 12.6. The summed E-state index contributed by atoms with van der Waals surface area (Å²) >= 11 is 0. The van der Waals surface area contributed by atoms with Crippen LogP contribution in [0, 0.1) is 6.92 Å². The van der Waals surface area contributed by atoms with E-state index in [1.807, 2.05) is 31.2 Å². The summed E-state index contributed by atoms with van der Waals surface area (Å²) in [7, 11) is 0. The lowest BCUT2D eigenvalue weighted by Gasteiger charge is -2.19. The van der Waals surface area contributed by atoms with Gasteiger partial charge in [-0.25, -0.2) is 9.97 Å². The average Bonchev–Trinajstić information content (AvgIpc) is 2.51. The lowest BCUT2D eigenvalue weighted by atomic mass is 10.2. The molecule has 5 nitrogen and oxygen atoms in total. The summed E-state index contributed by atoms with van der Waals surface area (Å²) in [5, 5.41) is 2.85. The molecule has 0 unspecified atom stereocenters. The molecular formula is C16H20N4O. The van der Waals surface area contributed by atoms with Crippen LogP contribution in [-0.4, -0.2) is 29.0 Å². The van der Waals surface area contributed by atoms with Crippen LogP contribution in [0.4, 0.5) is 11.5 Å². The zero-order chi connectivity index (χ0) is 15.2. The first-order valence-electron chi connectivity index (χ1n) is 7.09. The van der Waals surface area contributed by atoms with Gasteiger partial charge in [-0.2, -0.15) is 0 Å². The maximum Gasteiger partial charge on any atom is 0.275 e. The van der Waals surface area contributed by atoms with Gasteiger partial charge in [0.15, 0.2) is 0 Å². The molecule has 1 aromatic heterocycles. The Kier molecular flexibility index (Phi) is 4.87. The van der Waals surface area contributed by atoms with Gasteiger partial charge in [0.25, 0.3) is 5.91 Å². The highest BCUT2D eigenvalue weighted by Crippen LogP contribution is 2.14. The van der Waals surface area contributed by atoms with Crippen molar-refractivity contribution in [3.8, 4) is 0 Å². The molecule has 2 rings (SSSR count). The number of aromatic nitrogens is 2. The summed E-state index contributed by atoms with van der Waals surface area (Å²) in [4.78, 5) is 22.8. The van der Waals surface area contributed by atoms with Gasteiger partial charge in [0.2, 0.25) is 0 Å². The molecule has 0 atom stereocenters. The highest BCUT2D eigenvalue weighted by Gasteiger charge is 2.11. The number of rotatable bonds is 5. The molecule has 1 N–H and O–H groups in total. The van der Waals surface area contributed by atoms with Gasteiger partial charge in [0, 0.05) is 18.8 Å². The minimum Gasteiger partial charge on any atom is -0.356 e. The third-order valence-corrected chi connectivity index (χ3v) is 3.35. The molecule has 1 amide bonds. The fourth-order valence-corrected chi connectivity index (χ4v) is 2.05. The van der Waals surface area contributed by atoms with E-state index in [1.165, 1.54) is 6.20 Å². The number of nitrogens with one attached hydrogen (secondary N) is 1. The zero-order valence-electron chi connectivity index (χ0n) is 12.6. The molecular weight excluding hydrogens is 264 g/mol. The van der Waals surface area contributed by atoms with Crippen molar-refractivity contribution in [2.24, 2.45) is 0 Å². The van der Waals surface area contributed by atoms with Gasteiger partial charge in [0.05, 0.1) is 12.4 Å². The molecule has 5 heteroatoms. The van der Waals surface area contributed by atoms with Crippen molar-refractivity contribution in [3.63, 3.8) is 0 Å². The lowest BCUT2D eigenvalue weighted by molar-refractivity contribution is 0.102. The van der Waals surface area contributed by atoms with E-state index < -0.39 is 0 Å². The quantitative estimate of drug-likeness (QED) is 0.917. The number of benzene rings is 1. The van der Waals surface area contributed by atoms with Gasteiger partial charge < -0.3 is 10.2 Å². The van der Waals surface area contributed by atoms with Gasteiger partial charge in [0.1, 0.15) is 11.5 Å². The Morgan fingerprint density at radius 3 is 2.43 bits per heavy atom. The topological polar surface area (TPSA) is 58.1 Å². The van der Waals surface area contributed by atoms with Crippen molar-refractivity contribution in [2.75, 3.05) is 23.3 Å². The number of hydrogen-bond acceptors (Lipinski definition) is 4. The second kappa shape index (κ2) is 6.83. The Balaban J connectivity index is 2.12. The minimum atomic E-state index is -0.247. The van der Waals surface area contributed by atoms with Crippen molar-refractivity contribution in [3.05, 3.63) is 47.9 Å². The van der Waals surface area contributed by atoms with Crippen LogP contribution in [0.3, 0.4) is 0 Å². The first-order chi connectivity index (χ1) is 10.2. The van der Waals surface area contributed by atoms with Crippen molar-refractivity contribution in [1.82, 2.24) is 9.97 Å². The van der Waals surface area contributed by atoms with E-state index in [0.29, 0.717) is 5.69 Å². The monoisotopic (exact) mass is 284 g/mol. The number of amides is 1. The standard InChI is InChI=1S/C16H20N4O/c1-4-20(5-2)15-11-17-14(10-18-15)16(21)19-13-9-7-6-8-12(13)3/h6-11H,4-5H2,1-3H3,(H,19,21). The molecule has 1 heterocycles. The summed E-state index contributed by atoms with van der Waals surface area (Å²) in [5.41, 5.74) is 2.12. The minimum absolute atomic E-state index is 0.247. The predicted octanol–water partition coefficient (Wildman–Crippen LogP) is 2.88. The fourth-order valence-electron chi connectivity index (χ4n) is 2.05. The van der Waals surface area contributed by atoms with Crippen LogP contribution in [0.25, 0.3) is 0 Å². The Bertz CT molecular complexity index is 606. The number of carbonyl (C=O) groups excluding carboxylic acids is 1. The lowest BCUT2D eigenvalue weighted by Crippen LogP contribution is -2.23. The highest BCUT2D eigenvalue weighted by molar-refractivity contribution is 6.03. The molecule has 0 radical (unpaired) electrons. The van der Waals surface area contributed by atoms with E-state index >= 15 is 0 Å². The average molecular weight is 284 g/mol. The van der Waals surface area contributed by atoms with Crippen LogP contribution in [-0.2, 0) is 0 Å². The first kappa shape index (κ1) is 15.0. The van der Waals surface area contributed by atoms with Crippen LogP contribution in [0.5, 0.6) is 0 Å². The summed E-state index contributed by atoms with van der Waals surface area (Å²) in [6.07, 6.45) is 3.15. The molecule has 0 fully saturated rings. The summed E-state index contributed by atoms with van der Waals surface area (Å²) in [6.45, 7) is 7.79. The number of carbonyl (C=O) groups is 1. The third-order valence-electron chi connectivity index (χ3n) is 3.35. The van der Waals surface area contributed by atoms with Crippen LogP contribution in [0.1, 0.15) is 29.9 Å². The number of hydrogen-bond donors (Lipinski definition) is 1. The van der Waals surface area contributed by atoms with Crippen molar-refractivity contribution >= 4 is 17.4 Å². The molecule has 21 heavy (non-hydrogen) atoms. The van der Waals surface area contributed by atoms with Crippen LogP contribution in [0.2, 0.25) is 0 Å². The van der Waals surface area contributed by atoms with E-state index in [9.17, 15) is 4.79 Å². The van der Waals surface area contributed by atoms with E-state index in [1.54, 1.807) is 6.20 Å². The first-order valence-corrected chi connectivity index (χ1v) is 7.09. The number of aryl methyl sites for hydroxylation is 1. The van der Waals surface area contributed by atoms with Gasteiger partial charge in [-0.05, 0) is 32.4 Å². The molecule has 2 aromatic rings. The summed E-state index contributed by atoms with van der Waals surface area (Å²) in [5.74, 6) is 0.537. The largest absolute Gasteiger partial charge is 0.356 e. The Labute approximate surface area is 125 Å². The SMILES string of the molecule is CCN(CC)c1cnc(C(=O)Nc2ccccc2C)cn1. The highest BCUT2D eigenvalue weighted by atomic mass is 16.1. The number of anilines is 2. The second-order valence-electron chi connectivity index (χ2n) is 4.70.